The Morgan fingerprint density at radius 2 is 1.94 bits per heavy atom. The van der Waals surface area contributed by atoms with Gasteiger partial charge in [0.25, 0.3) is 5.91 Å². The summed E-state index contributed by atoms with van der Waals surface area (Å²) in [5, 5.41) is 4.58. The zero-order chi connectivity index (χ0) is 26.0. The molecule has 0 bridgehead atoms. The predicted octanol–water partition coefficient (Wildman–Crippen LogP) is 5.97. The van der Waals surface area contributed by atoms with Gasteiger partial charge in [-0.15, -0.1) is 0 Å². The van der Waals surface area contributed by atoms with E-state index < -0.39 is 6.43 Å². The number of carbonyl (C=O) groups is 1. The second kappa shape index (κ2) is 14.4. The van der Waals surface area contributed by atoms with E-state index in [0.717, 1.165) is 54.4 Å². The van der Waals surface area contributed by atoms with Crippen molar-refractivity contribution < 1.29 is 18.3 Å². The summed E-state index contributed by atoms with van der Waals surface area (Å²) in [6, 6.07) is 6.60. The van der Waals surface area contributed by atoms with Crippen LogP contribution in [-0.4, -0.2) is 60.7 Å². The van der Waals surface area contributed by atoms with Crippen molar-refractivity contribution in [1.29, 1.82) is 0 Å². The van der Waals surface area contributed by atoms with Crippen LogP contribution in [0.3, 0.4) is 0 Å². The lowest BCUT2D eigenvalue weighted by Gasteiger charge is -2.39. The molecule has 0 radical (unpaired) electrons. The van der Waals surface area contributed by atoms with Crippen molar-refractivity contribution in [2.45, 2.75) is 65.7 Å². The summed E-state index contributed by atoms with van der Waals surface area (Å²) in [6.45, 7) is 12.3. The SMILES string of the molecule is CC(F)F.CCCC.COc1ccc(C2=CC(=O)N3C=C(N4CCN[C@@H](C)C4)C=CC3P2)cc1C. The Balaban J connectivity index is 0.000000473. The Labute approximate surface area is 211 Å². The number of allylic oxidation sites excluding steroid dienone is 1. The van der Waals surface area contributed by atoms with Gasteiger partial charge in [-0.05, 0) is 55.4 Å². The zero-order valence-corrected chi connectivity index (χ0v) is 22.8. The van der Waals surface area contributed by atoms with E-state index >= 15 is 0 Å². The van der Waals surface area contributed by atoms with Crippen molar-refractivity contribution in [1.82, 2.24) is 15.1 Å². The second-order valence-electron chi connectivity index (χ2n) is 8.81. The van der Waals surface area contributed by atoms with Gasteiger partial charge in [0, 0.05) is 38.0 Å². The first kappa shape index (κ1) is 29.0. The van der Waals surface area contributed by atoms with Gasteiger partial charge in [0.2, 0.25) is 6.43 Å². The Morgan fingerprint density at radius 1 is 1.26 bits per heavy atom. The number of nitrogens with one attached hydrogen (secondary N) is 1. The normalized spacial score (nSPS) is 21.9. The van der Waals surface area contributed by atoms with Crippen LogP contribution in [0.2, 0.25) is 0 Å². The average molecular weight is 508 g/mol. The summed E-state index contributed by atoms with van der Waals surface area (Å²) < 4.78 is 26.0. The van der Waals surface area contributed by atoms with Gasteiger partial charge in [0.1, 0.15) is 5.75 Å². The third-order valence-electron chi connectivity index (χ3n) is 5.79. The predicted molar refractivity (Wildman–Crippen MR) is 143 cm³/mol. The van der Waals surface area contributed by atoms with Crippen LogP contribution in [-0.2, 0) is 4.79 Å². The smallest absolute Gasteiger partial charge is 0.252 e. The van der Waals surface area contributed by atoms with Crippen molar-refractivity contribution in [3.63, 3.8) is 0 Å². The van der Waals surface area contributed by atoms with Crippen LogP contribution >= 0.6 is 8.58 Å². The number of halogens is 2. The second-order valence-corrected chi connectivity index (χ2v) is 10.2. The van der Waals surface area contributed by atoms with Gasteiger partial charge in [-0.2, -0.15) is 0 Å². The minimum atomic E-state index is -2.17. The van der Waals surface area contributed by atoms with Gasteiger partial charge in [-0.1, -0.05) is 47.4 Å². The van der Waals surface area contributed by atoms with Crippen LogP contribution in [0.4, 0.5) is 8.78 Å². The summed E-state index contributed by atoms with van der Waals surface area (Å²) in [5.41, 5.74) is 3.33. The van der Waals surface area contributed by atoms with Crippen molar-refractivity contribution in [2.24, 2.45) is 0 Å². The maximum Gasteiger partial charge on any atom is 0.252 e. The van der Waals surface area contributed by atoms with Gasteiger partial charge in [0.05, 0.1) is 18.6 Å². The molecule has 0 aliphatic carbocycles. The Bertz CT molecular complexity index is 928. The Hall–Kier alpha value is -2.24. The molecule has 3 atom stereocenters. The van der Waals surface area contributed by atoms with Crippen LogP contribution in [0.15, 0.2) is 48.3 Å². The highest BCUT2D eigenvalue weighted by atomic mass is 31.1. The van der Waals surface area contributed by atoms with Gasteiger partial charge in [-0.25, -0.2) is 8.78 Å². The molecule has 1 aromatic carbocycles. The van der Waals surface area contributed by atoms with Crippen LogP contribution in [0.1, 0.15) is 51.7 Å². The number of methoxy groups -OCH3 is 1. The molecule has 1 amide bonds. The zero-order valence-electron chi connectivity index (χ0n) is 21.8. The van der Waals surface area contributed by atoms with Gasteiger partial charge < -0.3 is 19.9 Å². The fraction of sp³-hybridized carbons (Fsp3) is 0.519. The van der Waals surface area contributed by atoms with Crippen LogP contribution in [0.25, 0.3) is 5.31 Å². The van der Waals surface area contributed by atoms with Gasteiger partial charge in [0.15, 0.2) is 0 Å². The molecule has 35 heavy (non-hydrogen) atoms. The number of alkyl halides is 2. The summed E-state index contributed by atoms with van der Waals surface area (Å²) in [5.74, 6) is 1.05. The number of ether oxygens (including phenoxy) is 1. The molecular weight excluding hydrogens is 467 g/mol. The van der Waals surface area contributed by atoms with E-state index in [4.69, 9.17) is 4.74 Å². The quantitative estimate of drug-likeness (QED) is 0.510. The van der Waals surface area contributed by atoms with E-state index in [0.29, 0.717) is 14.6 Å². The molecule has 1 N–H and O–H groups in total. The third kappa shape index (κ3) is 8.73. The van der Waals surface area contributed by atoms with Crippen molar-refractivity contribution >= 4 is 19.8 Å². The number of carbonyl (C=O) groups excluding carboxylic acids is 1. The lowest BCUT2D eigenvalue weighted by atomic mass is 10.1. The lowest BCUT2D eigenvalue weighted by molar-refractivity contribution is -0.123. The van der Waals surface area contributed by atoms with E-state index in [-0.39, 0.29) is 11.7 Å². The average Bonchev–Trinajstić information content (AvgIpc) is 2.83. The van der Waals surface area contributed by atoms with E-state index in [1.807, 2.05) is 30.2 Å². The molecule has 1 fully saturated rings. The van der Waals surface area contributed by atoms with Crippen LogP contribution in [0.5, 0.6) is 5.75 Å². The molecule has 4 rings (SSSR count). The monoisotopic (exact) mass is 507 g/mol. The van der Waals surface area contributed by atoms with E-state index in [1.165, 1.54) is 12.8 Å². The summed E-state index contributed by atoms with van der Waals surface area (Å²) >= 11 is 0. The number of aryl methyl sites for hydroxylation is 1. The molecule has 2 unspecified atom stereocenters. The van der Waals surface area contributed by atoms with E-state index in [9.17, 15) is 13.6 Å². The van der Waals surface area contributed by atoms with Crippen LogP contribution < -0.4 is 10.1 Å². The molecule has 0 spiro atoms. The summed E-state index contributed by atoms with van der Waals surface area (Å²) in [7, 11) is 2.22. The molecule has 0 aromatic heterocycles. The fourth-order valence-electron chi connectivity index (χ4n) is 3.83. The molecule has 1 saturated heterocycles. The summed E-state index contributed by atoms with van der Waals surface area (Å²) in [4.78, 5) is 17.1. The summed E-state index contributed by atoms with van der Waals surface area (Å²) in [6.07, 6.45) is 8.66. The van der Waals surface area contributed by atoms with Gasteiger partial charge >= 0.3 is 0 Å². The Morgan fingerprint density at radius 3 is 2.51 bits per heavy atom. The number of benzene rings is 1. The minimum Gasteiger partial charge on any atom is -0.496 e. The van der Waals surface area contributed by atoms with Crippen molar-refractivity contribution in [2.75, 3.05) is 26.7 Å². The number of fused-ring (bicyclic) bond motifs is 1. The first-order valence-corrected chi connectivity index (χ1v) is 13.4. The number of amides is 1. The maximum absolute atomic E-state index is 12.8. The molecule has 3 aliphatic rings. The first-order valence-electron chi connectivity index (χ1n) is 12.3. The topological polar surface area (TPSA) is 44.8 Å². The number of unbranched alkanes of at least 4 members (excludes halogenated alkanes) is 1. The maximum atomic E-state index is 12.8. The molecule has 1 aromatic rings. The number of rotatable bonds is 4. The van der Waals surface area contributed by atoms with Crippen molar-refractivity contribution in [3.8, 4) is 5.75 Å². The fourth-order valence-corrected chi connectivity index (χ4v) is 5.21. The minimum absolute atomic E-state index is 0.0623. The van der Waals surface area contributed by atoms with E-state index in [2.05, 4.69) is 49.2 Å². The largest absolute Gasteiger partial charge is 0.496 e. The molecule has 8 heteroatoms. The number of nitrogens with zero attached hydrogens (tertiary/aromatic N) is 2. The highest BCUT2D eigenvalue weighted by Gasteiger charge is 2.30. The van der Waals surface area contributed by atoms with Crippen LogP contribution in [0, 0.1) is 6.92 Å². The number of piperazine rings is 1. The lowest BCUT2D eigenvalue weighted by Crippen LogP contribution is -2.49. The number of hydrogen-bond acceptors (Lipinski definition) is 4. The van der Waals surface area contributed by atoms with E-state index in [1.54, 1.807) is 13.2 Å². The molecular formula is C27H40F2N3O2P. The first-order chi connectivity index (χ1) is 16.7. The highest BCUT2D eigenvalue weighted by Crippen LogP contribution is 2.45. The highest BCUT2D eigenvalue weighted by molar-refractivity contribution is 7.51. The van der Waals surface area contributed by atoms with Crippen molar-refractivity contribution in [3.05, 3.63) is 59.5 Å². The standard InChI is InChI=1S/C21H26N3O2P.C4H10.C2H4F2/c1-14-10-16(4-6-18(14)26-3)19-11-20(25)24-13-17(5-7-21(24)27-19)23-9-8-22-15(2)12-23;1-3-4-2;1-2(3)4/h4-7,10-11,13,15,21-22,27H,8-9,12H2,1-3H3;3-4H2,1-2H3;2H,1H3/t15-,21?;;/m0../s1. The van der Waals surface area contributed by atoms with Gasteiger partial charge in [-0.3, -0.25) is 4.79 Å². The molecule has 5 nitrogen and oxygen atoms in total. The third-order valence-corrected chi connectivity index (χ3v) is 7.30. The molecule has 3 aliphatic heterocycles. The molecule has 3 heterocycles. The molecule has 194 valence electrons. The number of hydrogen-bond donors (Lipinski definition) is 1. The Kier molecular flexibility index (Phi) is 11.9. The molecule has 0 saturated carbocycles.